The van der Waals surface area contributed by atoms with Crippen LogP contribution < -0.4 is 16.2 Å². The summed E-state index contributed by atoms with van der Waals surface area (Å²) in [6.45, 7) is 4.15. The molecule has 2 aliphatic rings. The smallest absolute Gasteiger partial charge is 0.411 e. The van der Waals surface area contributed by atoms with Crippen molar-refractivity contribution in [3.05, 3.63) is 130 Å². The van der Waals surface area contributed by atoms with Gasteiger partial charge in [0.05, 0.1) is 17.3 Å². The number of ether oxygens (including phenoxy) is 1. The van der Waals surface area contributed by atoms with Crippen molar-refractivity contribution in [2.45, 2.75) is 31.5 Å². The summed E-state index contributed by atoms with van der Waals surface area (Å²) in [5.74, 6) is 0.872. The van der Waals surface area contributed by atoms with E-state index >= 15 is 0 Å². The number of rotatable bonds is 13. The number of aromatic amines is 1. The van der Waals surface area contributed by atoms with Crippen LogP contribution in [0.2, 0.25) is 0 Å². The van der Waals surface area contributed by atoms with Gasteiger partial charge in [-0.15, -0.1) is 0 Å². The lowest BCUT2D eigenvalue weighted by Gasteiger charge is -2.23. The Hall–Kier alpha value is -5.49. The number of carbonyl (C=O) groups is 2. The van der Waals surface area contributed by atoms with Crippen molar-refractivity contribution in [2.24, 2.45) is 11.8 Å². The molecule has 7 rings (SSSR count). The Morgan fingerprint density at radius 3 is 2.50 bits per heavy atom. The van der Waals surface area contributed by atoms with Crippen LogP contribution >= 0.6 is 0 Å². The van der Waals surface area contributed by atoms with Crippen molar-refractivity contribution in [2.75, 3.05) is 51.6 Å². The summed E-state index contributed by atoms with van der Waals surface area (Å²) in [4.78, 5) is 44.8. The number of nitrogens with zero attached hydrogens (tertiary/aromatic N) is 2. The molecule has 2 heterocycles. The molecule has 11 nitrogen and oxygen atoms in total. The van der Waals surface area contributed by atoms with Crippen LogP contribution in [0.1, 0.15) is 40.4 Å². The number of aromatic nitrogens is 1. The molecule has 5 N–H and O–H groups in total. The number of H-pyrrole nitrogens is 1. The minimum atomic E-state index is -0.842. The number of aliphatic hydroxyl groups excluding tert-OH is 1. The molecule has 2 fully saturated rings. The summed E-state index contributed by atoms with van der Waals surface area (Å²) < 4.78 is 5.89. The van der Waals surface area contributed by atoms with Crippen LogP contribution in [-0.4, -0.2) is 89.4 Å². The monoisotopic (exact) mass is 729 g/mol. The Labute approximate surface area is 314 Å². The zero-order chi connectivity index (χ0) is 37.6. The number of phenols is 1. The number of likely N-dealkylation sites (N-methyl/N-ethyl adjacent to an activating group) is 1. The average molecular weight is 730 g/mol. The number of nitrogens with one attached hydrogen (secondary N) is 3. The molecule has 0 bridgehead atoms. The van der Waals surface area contributed by atoms with Crippen LogP contribution in [0.5, 0.6) is 5.75 Å². The number of anilines is 1. The maximum atomic E-state index is 13.4. The molecule has 5 aromatic rings. The van der Waals surface area contributed by atoms with Gasteiger partial charge in [-0.25, -0.2) is 4.79 Å². The van der Waals surface area contributed by atoms with Crippen molar-refractivity contribution in [1.82, 2.24) is 20.1 Å². The van der Waals surface area contributed by atoms with Gasteiger partial charge < -0.3 is 35.1 Å². The minimum Gasteiger partial charge on any atom is -0.506 e. The summed E-state index contributed by atoms with van der Waals surface area (Å²) >= 11 is 0. The van der Waals surface area contributed by atoms with Crippen molar-refractivity contribution in [3.63, 3.8) is 0 Å². The largest absolute Gasteiger partial charge is 0.506 e. The van der Waals surface area contributed by atoms with Gasteiger partial charge in [0, 0.05) is 62.4 Å². The van der Waals surface area contributed by atoms with Crippen molar-refractivity contribution in [1.29, 1.82) is 0 Å². The highest BCUT2D eigenvalue weighted by atomic mass is 16.6. The lowest BCUT2D eigenvalue weighted by Crippen LogP contribution is -2.36. The average Bonchev–Trinajstić information content (AvgIpc) is 3.74. The van der Waals surface area contributed by atoms with Crippen molar-refractivity contribution in [3.8, 4) is 16.9 Å². The van der Waals surface area contributed by atoms with Crippen LogP contribution in [-0.2, 0) is 11.2 Å². The first-order valence-corrected chi connectivity index (χ1v) is 18.6. The van der Waals surface area contributed by atoms with Gasteiger partial charge in [-0.2, -0.15) is 0 Å². The standard InChI is InChI=1S/C43H47N5O6/c1-47(42(52)30-11-7-8-28(22-30)18-19-44-25-39(50)35-14-16-38(49)41-36(35)15-17-40(51)46-41)20-21-48-26-31-23-33(24-32(31)27-48)54-43(53)45-37-13-6-5-12-34(37)29-9-3-2-4-10-29/h2-17,22,31-33,39,44,49-50H,18-21,23-27H2,1H3,(H,45,53)(H,46,51)/t31-,32+,33?,39-/m0/s1. The van der Waals surface area contributed by atoms with Crippen LogP contribution in [0.25, 0.3) is 22.0 Å². The first-order valence-electron chi connectivity index (χ1n) is 18.6. The Bertz CT molecular complexity index is 2140. The molecule has 4 aromatic carbocycles. The quantitative estimate of drug-likeness (QED) is 0.0957. The van der Waals surface area contributed by atoms with E-state index in [4.69, 9.17) is 4.74 Å². The van der Waals surface area contributed by atoms with E-state index in [-0.39, 0.29) is 29.9 Å². The Balaban J connectivity index is 0.826. The highest BCUT2D eigenvalue weighted by Gasteiger charge is 2.42. The second-order valence-electron chi connectivity index (χ2n) is 14.5. The van der Waals surface area contributed by atoms with Gasteiger partial charge in [0.15, 0.2) is 0 Å². The molecular weight excluding hydrogens is 683 g/mol. The number of benzene rings is 4. The highest BCUT2D eigenvalue weighted by Crippen LogP contribution is 2.39. The molecule has 0 spiro atoms. The molecule has 54 heavy (non-hydrogen) atoms. The number of pyridine rings is 1. The third kappa shape index (κ3) is 8.65. The predicted octanol–water partition coefficient (Wildman–Crippen LogP) is 5.80. The van der Waals surface area contributed by atoms with Crippen molar-refractivity contribution >= 4 is 28.6 Å². The number of hydrogen-bond donors (Lipinski definition) is 5. The zero-order valence-corrected chi connectivity index (χ0v) is 30.4. The molecular formula is C43H47N5O6. The van der Waals surface area contributed by atoms with E-state index in [1.165, 1.54) is 12.1 Å². The summed E-state index contributed by atoms with van der Waals surface area (Å²) in [5, 5.41) is 27.8. The van der Waals surface area contributed by atoms with E-state index in [0.29, 0.717) is 53.4 Å². The summed E-state index contributed by atoms with van der Waals surface area (Å²) in [6, 6.07) is 31.5. The van der Waals surface area contributed by atoms with Crippen molar-refractivity contribution < 1.29 is 24.5 Å². The fourth-order valence-corrected chi connectivity index (χ4v) is 7.98. The lowest BCUT2D eigenvalue weighted by molar-refractivity contribution is 0.0778. The van der Waals surface area contributed by atoms with Gasteiger partial charge in [0.25, 0.3) is 5.91 Å². The summed E-state index contributed by atoms with van der Waals surface area (Å²) in [6.07, 6.45) is 1.01. The Morgan fingerprint density at radius 2 is 1.70 bits per heavy atom. The predicted molar refractivity (Wildman–Crippen MR) is 210 cm³/mol. The van der Waals surface area contributed by atoms with Gasteiger partial charge in [0.1, 0.15) is 11.9 Å². The van der Waals surface area contributed by atoms with E-state index in [1.54, 1.807) is 17.0 Å². The zero-order valence-electron chi connectivity index (χ0n) is 30.4. The van der Waals surface area contributed by atoms with Crippen LogP contribution in [0.15, 0.2) is 108 Å². The molecule has 2 amide bonds. The first-order chi connectivity index (χ1) is 26.2. The number of para-hydroxylation sites is 1. The number of aliphatic hydroxyl groups is 1. The number of phenolic OH excluding ortho intramolecular Hbond substituents is 1. The third-order valence-electron chi connectivity index (χ3n) is 10.8. The normalized spacial score (nSPS) is 18.7. The first kappa shape index (κ1) is 36.9. The second-order valence-corrected chi connectivity index (χ2v) is 14.5. The number of fused-ring (bicyclic) bond motifs is 2. The van der Waals surface area contributed by atoms with Gasteiger partial charge >= 0.3 is 6.09 Å². The molecule has 1 aliphatic carbocycles. The second kappa shape index (κ2) is 16.7. The molecule has 280 valence electrons. The molecule has 11 heteroatoms. The van der Waals surface area contributed by atoms with Crippen LogP contribution in [0.3, 0.4) is 0 Å². The van der Waals surface area contributed by atoms with Gasteiger partial charge in [-0.05, 0) is 84.7 Å². The van der Waals surface area contributed by atoms with E-state index in [0.717, 1.165) is 54.9 Å². The molecule has 1 aromatic heterocycles. The number of aromatic hydroxyl groups is 1. The SMILES string of the molecule is CN(CCN1C[C@H]2CC(OC(=O)Nc3ccccc3-c3ccccc3)C[C@H]2C1)C(=O)c1cccc(CCNC[C@H](O)c2ccc(O)c3[nH]c(=O)ccc23)c1. The highest BCUT2D eigenvalue weighted by molar-refractivity contribution is 5.94. The fourth-order valence-electron chi connectivity index (χ4n) is 7.98. The molecule has 1 saturated heterocycles. The summed E-state index contributed by atoms with van der Waals surface area (Å²) in [7, 11) is 1.84. The topological polar surface area (TPSA) is 147 Å². The number of likely N-dealkylation sites (tertiary alicyclic amines) is 1. The van der Waals surface area contributed by atoms with Crippen LogP contribution in [0.4, 0.5) is 10.5 Å². The van der Waals surface area contributed by atoms with E-state index in [1.807, 2.05) is 85.9 Å². The van der Waals surface area contributed by atoms with E-state index in [2.05, 4.69) is 20.5 Å². The molecule has 0 radical (unpaired) electrons. The number of hydrogen-bond acceptors (Lipinski definition) is 8. The minimum absolute atomic E-state index is 0.0230. The Kier molecular flexibility index (Phi) is 11.4. The Morgan fingerprint density at radius 1 is 0.944 bits per heavy atom. The molecule has 1 saturated carbocycles. The molecule has 1 unspecified atom stereocenters. The van der Waals surface area contributed by atoms with Gasteiger partial charge in [-0.3, -0.25) is 14.9 Å². The lowest BCUT2D eigenvalue weighted by atomic mass is 10.0. The van der Waals surface area contributed by atoms with Gasteiger partial charge in [0.2, 0.25) is 5.56 Å². The van der Waals surface area contributed by atoms with Crippen LogP contribution in [0, 0.1) is 11.8 Å². The maximum absolute atomic E-state index is 13.4. The van der Waals surface area contributed by atoms with E-state index in [9.17, 15) is 24.6 Å². The van der Waals surface area contributed by atoms with Gasteiger partial charge in [-0.1, -0.05) is 66.7 Å². The number of amides is 2. The third-order valence-corrected chi connectivity index (χ3v) is 10.8. The molecule has 1 aliphatic heterocycles. The van der Waals surface area contributed by atoms with E-state index < -0.39 is 12.2 Å². The summed E-state index contributed by atoms with van der Waals surface area (Å²) in [5.41, 5.74) is 4.97. The fraction of sp³-hybridized carbons (Fsp3) is 0.326. The number of carbonyl (C=O) groups excluding carboxylic acids is 2. The molecule has 4 atom stereocenters. The maximum Gasteiger partial charge on any atom is 0.411 e.